The Kier molecular flexibility index (Phi) is 5.39. The molecule has 1 saturated heterocycles. The number of amidine groups is 1. The van der Waals surface area contributed by atoms with Gasteiger partial charge in [-0.25, -0.2) is 0 Å². The summed E-state index contributed by atoms with van der Waals surface area (Å²) in [6, 6.07) is 6.02. The van der Waals surface area contributed by atoms with Crippen LogP contribution in [0.25, 0.3) is 0 Å². The Morgan fingerprint density at radius 2 is 2.05 bits per heavy atom. The van der Waals surface area contributed by atoms with Gasteiger partial charge in [0.1, 0.15) is 0 Å². The molecule has 1 fully saturated rings. The van der Waals surface area contributed by atoms with E-state index in [9.17, 15) is 0 Å². The highest BCUT2D eigenvalue weighted by atomic mass is 32.2. The molecule has 0 spiro atoms. The van der Waals surface area contributed by atoms with E-state index in [0.29, 0.717) is 0 Å². The lowest BCUT2D eigenvalue weighted by Crippen LogP contribution is -2.39. The van der Waals surface area contributed by atoms with E-state index >= 15 is 0 Å². The molecule has 5 heteroatoms. The maximum atomic E-state index is 5.32. The summed E-state index contributed by atoms with van der Waals surface area (Å²) in [5, 5.41) is 4.58. The SMILES string of the molecule is CCC1(C)CSC(=NCCc2ccc(OC)c(OC)c2)N1. The lowest BCUT2D eigenvalue weighted by Gasteiger charge is -2.20. The van der Waals surface area contributed by atoms with Crippen molar-refractivity contribution < 1.29 is 9.47 Å². The number of thioether (sulfide) groups is 1. The fourth-order valence-electron chi connectivity index (χ4n) is 2.16. The van der Waals surface area contributed by atoms with Gasteiger partial charge in [-0.05, 0) is 37.5 Å². The number of benzene rings is 1. The Morgan fingerprint density at radius 1 is 1.29 bits per heavy atom. The molecule has 1 N–H and O–H groups in total. The third kappa shape index (κ3) is 4.06. The van der Waals surface area contributed by atoms with E-state index in [1.807, 2.05) is 23.9 Å². The minimum absolute atomic E-state index is 0.201. The molecule has 1 atom stereocenters. The van der Waals surface area contributed by atoms with E-state index in [2.05, 4.69) is 30.2 Å². The number of methoxy groups -OCH3 is 2. The van der Waals surface area contributed by atoms with E-state index < -0.39 is 0 Å². The standard InChI is InChI=1S/C16H24N2O2S/c1-5-16(2)11-21-15(18-16)17-9-8-12-6-7-13(19-3)14(10-12)20-4/h6-7,10H,5,8-9,11H2,1-4H3,(H,17,18). The van der Waals surface area contributed by atoms with E-state index in [0.717, 1.165) is 41.8 Å². The van der Waals surface area contributed by atoms with Crippen LogP contribution in [0.15, 0.2) is 23.2 Å². The third-order valence-electron chi connectivity index (χ3n) is 3.82. The first-order valence-electron chi connectivity index (χ1n) is 7.26. The lowest BCUT2D eigenvalue weighted by atomic mass is 10.0. The maximum Gasteiger partial charge on any atom is 0.160 e. The number of ether oxygens (including phenoxy) is 2. The second-order valence-electron chi connectivity index (χ2n) is 5.45. The Hall–Kier alpha value is -1.36. The summed E-state index contributed by atoms with van der Waals surface area (Å²) in [4.78, 5) is 4.66. The van der Waals surface area contributed by atoms with Gasteiger partial charge >= 0.3 is 0 Å². The Balaban J connectivity index is 1.92. The summed E-state index contributed by atoms with van der Waals surface area (Å²) in [5.41, 5.74) is 1.41. The van der Waals surface area contributed by atoms with Gasteiger partial charge in [0, 0.05) is 17.8 Å². The zero-order valence-electron chi connectivity index (χ0n) is 13.2. The molecule has 1 unspecified atom stereocenters. The summed E-state index contributed by atoms with van der Waals surface area (Å²) in [6.07, 6.45) is 2.02. The first kappa shape index (κ1) is 16.0. The topological polar surface area (TPSA) is 42.9 Å². The normalized spacial score (nSPS) is 23.1. The number of nitrogens with one attached hydrogen (secondary N) is 1. The van der Waals surface area contributed by atoms with Gasteiger partial charge in [-0.1, -0.05) is 24.8 Å². The predicted molar refractivity (Wildman–Crippen MR) is 89.8 cm³/mol. The van der Waals surface area contributed by atoms with E-state index in [-0.39, 0.29) is 5.54 Å². The predicted octanol–water partition coefficient (Wildman–Crippen LogP) is 3.11. The summed E-state index contributed by atoms with van der Waals surface area (Å²) in [7, 11) is 3.31. The first-order chi connectivity index (χ1) is 10.1. The van der Waals surface area contributed by atoms with Crippen molar-refractivity contribution in [1.82, 2.24) is 5.32 Å². The molecule has 1 aliphatic heterocycles. The van der Waals surface area contributed by atoms with Gasteiger partial charge in [0.15, 0.2) is 16.7 Å². The van der Waals surface area contributed by atoms with Crippen LogP contribution in [0.5, 0.6) is 11.5 Å². The molecular weight excluding hydrogens is 284 g/mol. The third-order valence-corrected chi connectivity index (χ3v) is 5.11. The lowest BCUT2D eigenvalue weighted by molar-refractivity contribution is 0.354. The molecule has 0 saturated carbocycles. The van der Waals surface area contributed by atoms with Gasteiger partial charge in [0.25, 0.3) is 0 Å². The molecular formula is C16H24N2O2S. The molecule has 2 rings (SSSR count). The van der Waals surface area contributed by atoms with Crippen molar-refractivity contribution in [3.63, 3.8) is 0 Å². The summed E-state index contributed by atoms with van der Waals surface area (Å²) < 4.78 is 10.6. The van der Waals surface area contributed by atoms with E-state index in [1.165, 1.54) is 5.56 Å². The molecule has 0 aromatic heterocycles. The Labute approximate surface area is 131 Å². The molecule has 0 amide bonds. The van der Waals surface area contributed by atoms with Crippen molar-refractivity contribution in [2.75, 3.05) is 26.5 Å². The number of aliphatic imine (C=N–C) groups is 1. The maximum absolute atomic E-state index is 5.32. The molecule has 21 heavy (non-hydrogen) atoms. The second-order valence-corrected chi connectivity index (χ2v) is 6.42. The van der Waals surface area contributed by atoms with E-state index in [1.54, 1.807) is 14.2 Å². The minimum Gasteiger partial charge on any atom is -0.493 e. The highest BCUT2D eigenvalue weighted by Crippen LogP contribution is 2.28. The van der Waals surface area contributed by atoms with Crippen LogP contribution in [-0.4, -0.2) is 37.2 Å². The van der Waals surface area contributed by atoms with Crippen LogP contribution in [0.4, 0.5) is 0 Å². The van der Waals surface area contributed by atoms with Crippen LogP contribution in [0.1, 0.15) is 25.8 Å². The zero-order valence-corrected chi connectivity index (χ0v) is 14.0. The van der Waals surface area contributed by atoms with Crippen molar-refractivity contribution in [1.29, 1.82) is 0 Å². The average Bonchev–Trinajstić information content (AvgIpc) is 2.89. The largest absolute Gasteiger partial charge is 0.493 e. The number of hydrogen-bond donors (Lipinski definition) is 1. The minimum atomic E-state index is 0.201. The van der Waals surface area contributed by atoms with Crippen molar-refractivity contribution in [3.8, 4) is 11.5 Å². The molecule has 0 radical (unpaired) electrons. The van der Waals surface area contributed by atoms with Crippen LogP contribution in [0, 0.1) is 0 Å². The first-order valence-corrected chi connectivity index (χ1v) is 8.25. The van der Waals surface area contributed by atoms with Crippen LogP contribution < -0.4 is 14.8 Å². The Bertz CT molecular complexity index is 519. The van der Waals surface area contributed by atoms with Gasteiger partial charge < -0.3 is 14.8 Å². The highest BCUT2D eigenvalue weighted by molar-refractivity contribution is 8.14. The summed E-state index contributed by atoms with van der Waals surface area (Å²) >= 11 is 1.82. The Morgan fingerprint density at radius 3 is 2.67 bits per heavy atom. The zero-order chi connectivity index (χ0) is 15.3. The number of nitrogens with zero attached hydrogens (tertiary/aromatic N) is 1. The van der Waals surface area contributed by atoms with Crippen molar-refractivity contribution in [3.05, 3.63) is 23.8 Å². The molecule has 1 heterocycles. The second kappa shape index (κ2) is 7.07. The quantitative estimate of drug-likeness (QED) is 0.877. The van der Waals surface area contributed by atoms with Crippen LogP contribution in [-0.2, 0) is 6.42 Å². The molecule has 116 valence electrons. The molecule has 1 aromatic carbocycles. The highest BCUT2D eigenvalue weighted by Gasteiger charge is 2.30. The van der Waals surface area contributed by atoms with Gasteiger partial charge in [0.2, 0.25) is 0 Å². The van der Waals surface area contributed by atoms with Gasteiger partial charge in [-0.15, -0.1) is 0 Å². The van der Waals surface area contributed by atoms with Crippen LogP contribution in [0.3, 0.4) is 0 Å². The smallest absolute Gasteiger partial charge is 0.160 e. The molecule has 0 bridgehead atoms. The molecule has 4 nitrogen and oxygen atoms in total. The fourth-order valence-corrected chi connectivity index (χ4v) is 3.39. The van der Waals surface area contributed by atoms with Crippen molar-refractivity contribution >= 4 is 16.9 Å². The van der Waals surface area contributed by atoms with Crippen molar-refractivity contribution in [2.24, 2.45) is 4.99 Å². The van der Waals surface area contributed by atoms with Gasteiger partial charge in [-0.3, -0.25) is 4.99 Å². The van der Waals surface area contributed by atoms with E-state index in [4.69, 9.17) is 9.47 Å². The molecule has 1 aromatic rings. The van der Waals surface area contributed by atoms with Gasteiger partial charge in [0.05, 0.1) is 14.2 Å². The molecule has 0 aliphatic carbocycles. The monoisotopic (exact) mass is 308 g/mol. The number of hydrogen-bond acceptors (Lipinski definition) is 4. The van der Waals surface area contributed by atoms with Gasteiger partial charge in [-0.2, -0.15) is 0 Å². The van der Waals surface area contributed by atoms with Crippen LogP contribution >= 0.6 is 11.8 Å². The van der Waals surface area contributed by atoms with Crippen LogP contribution in [0.2, 0.25) is 0 Å². The summed E-state index contributed by atoms with van der Waals surface area (Å²) in [6.45, 7) is 5.24. The summed E-state index contributed by atoms with van der Waals surface area (Å²) in [5.74, 6) is 2.63. The number of rotatable bonds is 6. The fraction of sp³-hybridized carbons (Fsp3) is 0.562. The molecule has 1 aliphatic rings. The van der Waals surface area contributed by atoms with Crippen molar-refractivity contribution in [2.45, 2.75) is 32.2 Å². The average molecular weight is 308 g/mol.